The number of halogens is 1. The molecule has 1 aliphatic heterocycles. The molecule has 1 saturated carbocycles. The largest absolute Gasteiger partial charge is 0.342 e. The van der Waals surface area contributed by atoms with E-state index in [1.807, 2.05) is 24.0 Å². The first-order chi connectivity index (χ1) is 11.0. The number of urea groups is 1. The fraction of sp³-hybridized carbons (Fsp3) is 0.529. The molecular weight excluding hydrogens is 314 g/mol. The molecule has 1 aliphatic carbocycles. The fourth-order valence-electron chi connectivity index (χ4n) is 2.92. The molecule has 1 aromatic carbocycles. The van der Waals surface area contributed by atoms with E-state index in [2.05, 4.69) is 10.6 Å². The Labute approximate surface area is 141 Å². The number of nitrogens with zero attached hydrogens (tertiary/aromatic N) is 1. The predicted octanol–water partition coefficient (Wildman–Crippen LogP) is 3.17. The van der Waals surface area contributed by atoms with Crippen molar-refractivity contribution in [2.75, 3.05) is 18.4 Å². The molecule has 3 amide bonds. The molecule has 23 heavy (non-hydrogen) atoms. The minimum atomic E-state index is -0.220. The number of nitrogens with one attached hydrogen (secondary N) is 2. The van der Waals surface area contributed by atoms with Gasteiger partial charge in [-0.2, -0.15) is 0 Å². The highest BCUT2D eigenvalue weighted by Gasteiger charge is 2.35. The summed E-state index contributed by atoms with van der Waals surface area (Å²) < 4.78 is 0. The van der Waals surface area contributed by atoms with E-state index in [4.69, 9.17) is 11.6 Å². The van der Waals surface area contributed by atoms with E-state index < -0.39 is 0 Å². The Kier molecular flexibility index (Phi) is 4.76. The van der Waals surface area contributed by atoms with Crippen LogP contribution in [0, 0.1) is 12.8 Å². The van der Waals surface area contributed by atoms with Crippen molar-refractivity contribution in [3.8, 4) is 0 Å². The van der Waals surface area contributed by atoms with Gasteiger partial charge in [-0.25, -0.2) is 4.79 Å². The van der Waals surface area contributed by atoms with Crippen molar-refractivity contribution < 1.29 is 9.59 Å². The molecule has 5 nitrogen and oxygen atoms in total. The zero-order valence-corrected chi connectivity index (χ0v) is 14.0. The van der Waals surface area contributed by atoms with Crippen LogP contribution in [-0.2, 0) is 4.79 Å². The second kappa shape index (κ2) is 6.79. The molecule has 3 rings (SSSR count). The summed E-state index contributed by atoms with van der Waals surface area (Å²) in [7, 11) is 0. The van der Waals surface area contributed by atoms with Crippen LogP contribution in [0.25, 0.3) is 0 Å². The number of rotatable bonds is 3. The van der Waals surface area contributed by atoms with Crippen molar-refractivity contribution in [2.24, 2.45) is 5.92 Å². The van der Waals surface area contributed by atoms with E-state index in [0.717, 1.165) is 50.0 Å². The molecule has 0 aromatic heterocycles. The van der Waals surface area contributed by atoms with Crippen LogP contribution in [0.5, 0.6) is 0 Å². The topological polar surface area (TPSA) is 61.4 Å². The number of hydrogen-bond donors (Lipinski definition) is 2. The van der Waals surface area contributed by atoms with Gasteiger partial charge in [-0.15, -0.1) is 0 Å². The number of carbonyl (C=O) groups excluding carboxylic acids is 2. The smallest absolute Gasteiger partial charge is 0.319 e. The van der Waals surface area contributed by atoms with Crippen LogP contribution in [0.2, 0.25) is 5.02 Å². The van der Waals surface area contributed by atoms with E-state index >= 15 is 0 Å². The Balaban J connectivity index is 1.47. The van der Waals surface area contributed by atoms with Crippen LogP contribution in [0.3, 0.4) is 0 Å². The molecule has 0 radical (unpaired) electrons. The summed E-state index contributed by atoms with van der Waals surface area (Å²) in [6.45, 7) is 3.34. The van der Waals surface area contributed by atoms with Gasteiger partial charge < -0.3 is 15.5 Å². The third-order valence-electron chi connectivity index (χ3n) is 4.58. The molecule has 1 aromatic rings. The molecule has 0 spiro atoms. The fourth-order valence-corrected chi connectivity index (χ4v) is 3.09. The van der Waals surface area contributed by atoms with E-state index in [0.29, 0.717) is 10.9 Å². The lowest BCUT2D eigenvalue weighted by Crippen LogP contribution is -2.48. The van der Waals surface area contributed by atoms with E-state index in [-0.39, 0.29) is 18.0 Å². The zero-order chi connectivity index (χ0) is 16.4. The van der Waals surface area contributed by atoms with Crippen LogP contribution < -0.4 is 10.6 Å². The normalized spacial score (nSPS) is 18.6. The number of anilines is 1. The molecule has 0 atom stereocenters. The molecule has 6 heteroatoms. The first-order valence-electron chi connectivity index (χ1n) is 8.16. The van der Waals surface area contributed by atoms with E-state index in [1.54, 1.807) is 6.07 Å². The summed E-state index contributed by atoms with van der Waals surface area (Å²) >= 11 is 6.06. The predicted molar refractivity (Wildman–Crippen MR) is 90.7 cm³/mol. The van der Waals surface area contributed by atoms with Crippen molar-refractivity contribution in [3.63, 3.8) is 0 Å². The quantitative estimate of drug-likeness (QED) is 0.891. The highest BCUT2D eigenvalue weighted by molar-refractivity contribution is 6.31. The first-order valence-corrected chi connectivity index (χ1v) is 8.54. The van der Waals surface area contributed by atoms with Gasteiger partial charge in [-0.3, -0.25) is 4.79 Å². The number of piperidine rings is 1. The Hall–Kier alpha value is -1.75. The highest BCUT2D eigenvalue weighted by atomic mass is 35.5. The Morgan fingerprint density at radius 2 is 1.87 bits per heavy atom. The van der Waals surface area contributed by atoms with Gasteiger partial charge in [-0.05, 0) is 50.3 Å². The van der Waals surface area contributed by atoms with Crippen LogP contribution >= 0.6 is 11.6 Å². The zero-order valence-electron chi connectivity index (χ0n) is 13.3. The van der Waals surface area contributed by atoms with Crippen LogP contribution in [0.4, 0.5) is 10.5 Å². The van der Waals surface area contributed by atoms with Crippen molar-refractivity contribution in [1.29, 1.82) is 0 Å². The molecular formula is C17H22ClN3O2. The summed E-state index contributed by atoms with van der Waals surface area (Å²) in [6, 6.07) is 5.33. The monoisotopic (exact) mass is 335 g/mol. The lowest BCUT2D eigenvalue weighted by atomic mass is 10.0. The van der Waals surface area contributed by atoms with Crippen molar-refractivity contribution in [3.05, 3.63) is 28.8 Å². The van der Waals surface area contributed by atoms with Gasteiger partial charge in [0.25, 0.3) is 0 Å². The Morgan fingerprint density at radius 3 is 2.52 bits per heavy atom. The van der Waals surface area contributed by atoms with Gasteiger partial charge in [-0.1, -0.05) is 17.7 Å². The van der Waals surface area contributed by atoms with Crippen molar-refractivity contribution in [2.45, 2.75) is 38.6 Å². The number of hydrogen-bond acceptors (Lipinski definition) is 2. The number of likely N-dealkylation sites (tertiary alicyclic amines) is 1. The minimum absolute atomic E-state index is 0.109. The second-order valence-electron chi connectivity index (χ2n) is 6.38. The van der Waals surface area contributed by atoms with Crippen molar-refractivity contribution >= 4 is 29.2 Å². The number of benzene rings is 1. The van der Waals surface area contributed by atoms with Crippen LogP contribution in [0.1, 0.15) is 31.2 Å². The van der Waals surface area contributed by atoms with E-state index in [1.165, 1.54) is 0 Å². The third-order valence-corrected chi connectivity index (χ3v) is 4.99. The molecule has 2 N–H and O–H groups in total. The average Bonchev–Trinajstić information content (AvgIpc) is 3.37. The van der Waals surface area contributed by atoms with E-state index in [9.17, 15) is 9.59 Å². The standard InChI is InChI=1S/C17H22ClN3O2/c1-11-14(18)3-2-4-15(11)20-17(23)19-13-7-9-21(10-8-13)16(22)12-5-6-12/h2-4,12-13H,5-10H2,1H3,(H2,19,20,23). The SMILES string of the molecule is Cc1c(Cl)cccc1NC(=O)NC1CCN(C(=O)C2CC2)CC1. The Morgan fingerprint density at radius 1 is 1.17 bits per heavy atom. The highest BCUT2D eigenvalue weighted by Crippen LogP contribution is 2.32. The summed E-state index contributed by atoms with van der Waals surface area (Å²) in [5, 5.41) is 6.47. The summed E-state index contributed by atoms with van der Waals surface area (Å²) in [5.74, 6) is 0.566. The number of carbonyl (C=O) groups is 2. The van der Waals surface area contributed by atoms with Crippen LogP contribution in [-0.4, -0.2) is 36.0 Å². The number of amides is 3. The molecule has 0 bridgehead atoms. The second-order valence-corrected chi connectivity index (χ2v) is 6.79. The molecule has 0 unspecified atom stereocenters. The molecule has 1 saturated heterocycles. The van der Waals surface area contributed by atoms with Gasteiger partial charge in [0.2, 0.25) is 5.91 Å². The Bertz CT molecular complexity index is 608. The minimum Gasteiger partial charge on any atom is -0.342 e. The first kappa shape index (κ1) is 16.1. The summed E-state index contributed by atoms with van der Waals surface area (Å²) in [5.41, 5.74) is 1.57. The summed E-state index contributed by atoms with van der Waals surface area (Å²) in [4.78, 5) is 26.1. The van der Waals surface area contributed by atoms with Gasteiger partial charge >= 0.3 is 6.03 Å². The maximum atomic E-state index is 12.1. The maximum Gasteiger partial charge on any atom is 0.319 e. The third kappa shape index (κ3) is 3.96. The maximum absolute atomic E-state index is 12.1. The van der Waals surface area contributed by atoms with Gasteiger partial charge in [0, 0.05) is 35.8 Å². The van der Waals surface area contributed by atoms with Gasteiger partial charge in [0.1, 0.15) is 0 Å². The van der Waals surface area contributed by atoms with Gasteiger partial charge in [0.15, 0.2) is 0 Å². The molecule has 2 fully saturated rings. The average molecular weight is 336 g/mol. The van der Waals surface area contributed by atoms with Crippen LogP contribution in [0.15, 0.2) is 18.2 Å². The lowest BCUT2D eigenvalue weighted by Gasteiger charge is -2.32. The molecule has 1 heterocycles. The summed E-state index contributed by atoms with van der Waals surface area (Å²) in [6.07, 6.45) is 3.69. The van der Waals surface area contributed by atoms with Crippen molar-refractivity contribution in [1.82, 2.24) is 10.2 Å². The molecule has 2 aliphatic rings. The lowest BCUT2D eigenvalue weighted by molar-refractivity contribution is -0.133. The van der Waals surface area contributed by atoms with Gasteiger partial charge in [0.05, 0.1) is 0 Å². The molecule has 124 valence electrons.